The van der Waals surface area contributed by atoms with E-state index < -0.39 is 0 Å². The normalized spacial score (nSPS) is 15.6. The van der Waals surface area contributed by atoms with Crippen LogP contribution in [0.2, 0.25) is 0 Å². The van der Waals surface area contributed by atoms with Gasteiger partial charge in [0, 0.05) is 39.3 Å². The van der Waals surface area contributed by atoms with Crippen molar-refractivity contribution in [3.05, 3.63) is 56.9 Å². The standard InChI is InChI=1S/C19H24N6O2/c1-3-23-8-10-24(11-9-23)18-20-14(12-17(26)21-18)13-25-16-7-5-4-6-15(16)22(2)19(25)27/h4-7,12H,3,8-11,13H2,1-2H3,(H,20,21,26). The Hall–Kier alpha value is -2.87. The molecule has 0 atom stereocenters. The van der Waals surface area contributed by atoms with Gasteiger partial charge in [-0.3, -0.25) is 18.9 Å². The minimum atomic E-state index is -0.193. The molecule has 3 heterocycles. The van der Waals surface area contributed by atoms with Crippen molar-refractivity contribution < 1.29 is 0 Å². The highest BCUT2D eigenvalue weighted by atomic mass is 16.1. The van der Waals surface area contributed by atoms with Crippen molar-refractivity contribution in [3.8, 4) is 0 Å². The van der Waals surface area contributed by atoms with E-state index in [1.165, 1.54) is 6.07 Å². The number of aryl methyl sites for hydroxylation is 1. The SMILES string of the molecule is CCN1CCN(c2nc(Cn3c(=O)n(C)c4ccccc43)cc(=O)[nH]2)CC1. The van der Waals surface area contributed by atoms with E-state index in [4.69, 9.17) is 0 Å². The highest BCUT2D eigenvalue weighted by Gasteiger charge is 2.19. The Morgan fingerprint density at radius 2 is 1.78 bits per heavy atom. The fourth-order valence-electron chi connectivity index (χ4n) is 3.68. The van der Waals surface area contributed by atoms with E-state index in [-0.39, 0.29) is 17.8 Å². The molecule has 1 aliphatic rings. The second kappa shape index (κ2) is 7.03. The van der Waals surface area contributed by atoms with Crippen molar-refractivity contribution in [3.63, 3.8) is 0 Å². The molecule has 1 aliphatic heterocycles. The molecule has 8 heteroatoms. The lowest BCUT2D eigenvalue weighted by Crippen LogP contribution is -2.47. The van der Waals surface area contributed by atoms with Crippen LogP contribution >= 0.6 is 0 Å². The Labute approximate surface area is 156 Å². The molecule has 3 aromatic rings. The van der Waals surface area contributed by atoms with Crippen molar-refractivity contribution in [2.24, 2.45) is 7.05 Å². The predicted molar refractivity (Wildman–Crippen MR) is 105 cm³/mol. The van der Waals surface area contributed by atoms with Gasteiger partial charge in [0.1, 0.15) is 0 Å². The van der Waals surface area contributed by atoms with Gasteiger partial charge in [-0.15, -0.1) is 0 Å². The number of para-hydroxylation sites is 2. The van der Waals surface area contributed by atoms with Gasteiger partial charge in [-0.05, 0) is 18.7 Å². The van der Waals surface area contributed by atoms with Crippen molar-refractivity contribution in [2.75, 3.05) is 37.6 Å². The zero-order chi connectivity index (χ0) is 19.0. The maximum atomic E-state index is 12.6. The molecule has 0 spiro atoms. The summed E-state index contributed by atoms with van der Waals surface area (Å²) in [5, 5.41) is 0. The summed E-state index contributed by atoms with van der Waals surface area (Å²) in [6.07, 6.45) is 0. The van der Waals surface area contributed by atoms with Gasteiger partial charge >= 0.3 is 5.69 Å². The molecule has 2 aromatic heterocycles. The van der Waals surface area contributed by atoms with E-state index in [0.29, 0.717) is 11.6 Å². The summed E-state index contributed by atoms with van der Waals surface area (Å²) in [6, 6.07) is 9.11. The number of piperazine rings is 1. The lowest BCUT2D eigenvalue weighted by atomic mass is 10.3. The molecule has 1 fully saturated rings. The lowest BCUT2D eigenvalue weighted by molar-refractivity contribution is 0.269. The summed E-state index contributed by atoms with van der Waals surface area (Å²) < 4.78 is 3.28. The van der Waals surface area contributed by atoms with Crippen LogP contribution < -0.4 is 16.1 Å². The first-order valence-corrected chi connectivity index (χ1v) is 9.28. The van der Waals surface area contributed by atoms with Gasteiger partial charge in [-0.2, -0.15) is 0 Å². The van der Waals surface area contributed by atoms with Crippen molar-refractivity contribution >= 4 is 17.0 Å². The summed E-state index contributed by atoms with van der Waals surface area (Å²) in [6.45, 7) is 7.01. The van der Waals surface area contributed by atoms with Gasteiger partial charge in [0.2, 0.25) is 5.95 Å². The molecule has 0 saturated carbocycles. The molecule has 0 bridgehead atoms. The maximum Gasteiger partial charge on any atom is 0.329 e. The molecular formula is C19H24N6O2. The molecule has 1 aromatic carbocycles. The number of imidazole rings is 1. The van der Waals surface area contributed by atoms with Crippen LogP contribution in [0, 0.1) is 0 Å². The fraction of sp³-hybridized carbons (Fsp3) is 0.421. The van der Waals surface area contributed by atoms with Gasteiger partial charge < -0.3 is 9.80 Å². The Morgan fingerprint density at radius 1 is 1.07 bits per heavy atom. The maximum absolute atomic E-state index is 12.6. The monoisotopic (exact) mass is 368 g/mol. The average molecular weight is 368 g/mol. The number of hydrogen-bond donors (Lipinski definition) is 1. The molecule has 27 heavy (non-hydrogen) atoms. The number of aromatic amines is 1. The summed E-state index contributed by atoms with van der Waals surface area (Å²) in [7, 11) is 1.75. The van der Waals surface area contributed by atoms with Crippen LogP contribution in [0.4, 0.5) is 5.95 Å². The number of anilines is 1. The molecule has 1 N–H and O–H groups in total. The van der Waals surface area contributed by atoms with Crippen LogP contribution in [-0.4, -0.2) is 56.7 Å². The fourth-order valence-corrected chi connectivity index (χ4v) is 3.68. The molecule has 8 nitrogen and oxygen atoms in total. The average Bonchev–Trinajstić information content (AvgIpc) is 2.93. The number of aromatic nitrogens is 4. The molecule has 0 unspecified atom stereocenters. The van der Waals surface area contributed by atoms with E-state index in [2.05, 4.69) is 26.7 Å². The third-order valence-electron chi connectivity index (χ3n) is 5.27. The van der Waals surface area contributed by atoms with E-state index >= 15 is 0 Å². The molecule has 4 rings (SSSR count). The van der Waals surface area contributed by atoms with Gasteiger partial charge in [-0.1, -0.05) is 19.1 Å². The number of nitrogens with zero attached hydrogens (tertiary/aromatic N) is 5. The third kappa shape index (κ3) is 3.28. The summed E-state index contributed by atoms with van der Waals surface area (Å²) in [4.78, 5) is 36.8. The van der Waals surface area contributed by atoms with Gasteiger partial charge in [0.05, 0.1) is 23.3 Å². The minimum Gasteiger partial charge on any atom is -0.340 e. The van der Waals surface area contributed by atoms with Crippen LogP contribution in [-0.2, 0) is 13.6 Å². The first-order valence-electron chi connectivity index (χ1n) is 9.28. The number of H-pyrrole nitrogens is 1. The predicted octanol–water partition coefficient (Wildman–Crippen LogP) is 0.614. The molecule has 1 saturated heterocycles. The number of benzene rings is 1. The highest BCUT2D eigenvalue weighted by molar-refractivity contribution is 5.75. The van der Waals surface area contributed by atoms with E-state index in [9.17, 15) is 9.59 Å². The summed E-state index contributed by atoms with van der Waals surface area (Å²) in [5.74, 6) is 0.585. The smallest absolute Gasteiger partial charge is 0.329 e. The Morgan fingerprint density at radius 3 is 2.48 bits per heavy atom. The van der Waals surface area contributed by atoms with E-state index in [1.807, 2.05) is 24.3 Å². The van der Waals surface area contributed by atoms with Crippen molar-refractivity contribution in [1.29, 1.82) is 0 Å². The zero-order valence-corrected chi connectivity index (χ0v) is 15.7. The topological polar surface area (TPSA) is 79.2 Å². The van der Waals surface area contributed by atoms with Crippen LogP contribution in [0.1, 0.15) is 12.6 Å². The summed E-state index contributed by atoms with van der Waals surface area (Å²) >= 11 is 0. The number of likely N-dealkylation sites (N-methyl/N-ethyl adjacent to an activating group) is 1. The molecular weight excluding hydrogens is 344 g/mol. The number of fused-ring (bicyclic) bond motifs is 1. The largest absolute Gasteiger partial charge is 0.340 e. The quantitative estimate of drug-likeness (QED) is 0.730. The van der Waals surface area contributed by atoms with E-state index in [1.54, 1.807) is 16.2 Å². The van der Waals surface area contributed by atoms with Crippen LogP contribution in [0.15, 0.2) is 39.9 Å². The van der Waals surface area contributed by atoms with Crippen molar-refractivity contribution in [1.82, 2.24) is 24.0 Å². The van der Waals surface area contributed by atoms with Gasteiger partial charge in [-0.25, -0.2) is 9.78 Å². The minimum absolute atomic E-state index is 0.114. The van der Waals surface area contributed by atoms with Gasteiger partial charge in [0.15, 0.2) is 0 Å². The van der Waals surface area contributed by atoms with Crippen LogP contribution in [0.3, 0.4) is 0 Å². The molecule has 0 aliphatic carbocycles. The molecule has 0 amide bonds. The Bertz CT molecular complexity index is 1070. The highest BCUT2D eigenvalue weighted by Crippen LogP contribution is 2.14. The second-order valence-corrected chi connectivity index (χ2v) is 6.90. The Balaban J connectivity index is 1.66. The second-order valence-electron chi connectivity index (χ2n) is 6.90. The first kappa shape index (κ1) is 17.5. The summed E-state index contributed by atoms with van der Waals surface area (Å²) in [5.41, 5.74) is 1.98. The number of hydrogen-bond acceptors (Lipinski definition) is 5. The number of rotatable bonds is 4. The zero-order valence-electron chi connectivity index (χ0n) is 15.7. The van der Waals surface area contributed by atoms with E-state index in [0.717, 1.165) is 43.8 Å². The Kier molecular flexibility index (Phi) is 4.57. The van der Waals surface area contributed by atoms with Crippen molar-refractivity contribution in [2.45, 2.75) is 13.5 Å². The van der Waals surface area contributed by atoms with Crippen LogP contribution in [0.25, 0.3) is 11.0 Å². The lowest BCUT2D eigenvalue weighted by Gasteiger charge is -2.34. The first-order chi connectivity index (χ1) is 13.1. The third-order valence-corrected chi connectivity index (χ3v) is 5.27. The molecule has 0 radical (unpaired) electrons. The number of nitrogens with one attached hydrogen (secondary N) is 1. The van der Waals surface area contributed by atoms with Gasteiger partial charge in [0.25, 0.3) is 5.56 Å². The van der Waals surface area contributed by atoms with Crippen LogP contribution in [0.5, 0.6) is 0 Å². The molecule has 142 valence electrons.